The van der Waals surface area contributed by atoms with Gasteiger partial charge in [0.15, 0.2) is 0 Å². The largest absolute Gasteiger partial charge is 0.481 e. The molecule has 146 valence electrons. The van der Waals surface area contributed by atoms with Gasteiger partial charge >= 0.3 is 5.97 Å². The summed E-state index contributed by atoms with van der Waals surface area (Å²) in [6.45, 7) is 13.1. The van der Waals surface area contributed by atoms with Crippen molar-refractivity contribution >= 4 is 17.5 Å². The van der Waals surface area contributed by atoms with Crippen molar-refractivity contribution in [3.63, 3.8) is 0 Å². The summed E-state index contributed by atoms with van der Waals surface area (Å²) in [7, 11) is 0. The molecule has 0 saturated heterocycles. The lowest BCUT2D eigenvalue weighted by Crippen LogP contribution is -2.38. The number of rotatable bonds is 12. The molecule has 0 aliphatic rings. The minimum Gasteiger partial charge on any atom is -0.481 e. The lowest BCUT2D eigenvalue weighted by molar-refractivity contribution is -0.144. The number of Topliss-reactive ketones (excluding diaryl/α,β-unsaturated/α-hetero) is 2. The Kier molecular flexibility index (Phi) is 10.1. The molecular weight excluding hydrogens is 322 g/mol. The second-order valence-corrected chi connectivity index (χ2v) is 8.53. The number of hydrogen-bond acceptors (Lipinski definition) is 5. The maximum absolute atomic E-state index is 11.9. The third-order valence-electron chi connectivity index (χ3n) is 3.81. The Hall–Kier alpha value is -1.27. The van der Waals surface area contributed by atoms with Crippen LogP contribution >= 0.6 is 0 Å². The maximum Gasteiger partial charge on any atom is 0.306 e. The molecule has 0 aliphatic heterocycles. The quantitative estimate of drug-likeness (QED) is 0.522. The zero-order valence-corrected chi connectivity index (χ0v) is 16.6. The molecule has 25 heavy (non-hydrogen) atoms. The van der Waals surface area contributed by atoms with Gasteiger partial charge in [0.05, 0.1) is 19.1 Å². The van der Waals surface area contributed by atoms with Crippen molar-refractivity contribution in [3.8, 4) is 0 Å². The smallest absolute Gasteiger partial charge is 0.306 e. The van der Waals surface area contributed by atoms with Crippen LogP contribution in [0.5, 0.6) is 0 Å². The lowest BCUT2D eigenvalue weighted by Gasteiger charge is -2.20. The minimum absolute atomic E-state index is 0.0147. The van der Waals surface area contributed by atoms with Crippen LogP contribution in [0.3, 0.4) is 0 Å². The predicted octanol–water partition coefficient (Wildman–Crippen LogP) is 2.84. The van der Waals surface area contributed by atoms with Crippen molar-refractivity contribution in [2.75, 3.05) is 19.8 Å². The molecule has 0 radical (unpaired) electrons. The van der Waals surface area contributed by atoms with E-state index in [0.29, 0.717) is 13.2 Å². The van der Waals surface area contributed by atoms with Crippen LogP contribution in [-0.2, 0) is 19.1 Å². The zero-order chi connectivity index (χ0) is 19.7. The molecule has 0 aromatic rings. The summed E-state index contributed by atoms with van der Waals surface area (Å²) in [5, 5.41) is 12.5. The Morgan fingerprint density at radius 2 is 1.60 bits per heavy atom. The van der Waals surface area contributed by atoms with Gasteiger partial charge in [-0.3, -0.25) is 14.4 Å². The average Bonchev–Trinajstić information content (AvgIpc) is 2.44. The van der Waals surface area contributed by atoms with Gasteiger partial charge in [-0.15, -0.1) is 0 Å². The zero-order valence-electron chi connectivity index (χ0n) is 16.6. The molecule has 2 N–H and O–H groups in total. The molecule has 0 bridgehead atoms. The minimum atomic E-state index is -1.02. The first-order chi connectivity index (χ1) is 11.3. The standard InChI is InChI=1S/C19H35NO5/c1-18(2,3)16(22)8-7-14(17(23)24)13-15(21)9-11-25-12-10-20-19(4,5)6/h14,20H,7-13H2,1-6H3,(H,23,24). The molecular formula is C19H35NO5. The normalized spacial score (nSPS) is 13.5. The third kappa shape index (κ3) is 12.7. The maximum atomic E-state index is 11.9. The first-order valence-corrected chi connectivity index (χ1v) is 8.93. The van der Waals surface area contributed by atoms with Crippen LogP contribution in [0.25, 0.3) is 0 Å². The van der Waals surface area contributed by atoms with E-state index in [1.807, 2.05) is 20.8 Å². The van der Waals surface area contributed by atoms with E-state index in [9.17, 15) is 19.5 Å². The van der Waals surface area contributed by atoms with E-state index in [1.54, 1.807) is 0 Å². The third-order valence-corrected chi connectivity index (χ3v) is 3.81. The van der Waals surface area contributed by atoms with Crippen LogP contribution in [0.1, 0.15) is 67.2 Å². The fourth-order valence-electron chi connectivity index (χ4n) is 2.16. The van der Waals surface area contributed by atoms with Crippen molar-refractivity contribution < 1.29 is 24.2 Å². The van der Waals surface area contributed by atoms with E-state index >= 15 is 0 Å². The summed E-state index contributed by atoms with van der Waals surface area (Å²) < 4.78 is 5.40. The number of aliphatic carboxylic acids is 1. The van der Waals surface area contributed by atoms with E-state index in [4.69, 9.17) is 4.74 Å². The molecule has 0 spiro atoms. The molecule has 1 atom stereocenters. The molecule has 0 aliphatic carbocycles. The SMILES string of the molecule is CC(C)(C)NCCOCCC(=O)CC(CCC(=O)C(C)(C)C)C(=O)O. The highest BCUT2D eigenvalue weighted by atomic mass is 16.5. The highest BCUT2D eigenvalue weighted by molar-refractivity contribution is 5.86. The molecule has 0 aromatic carbocycles. The number of ether oxygens (including phenoxy) is 1. The molecule has 0 saturated carbocycles. The van der Waals surface area contributed by atoms with Gasteiger partial charge in [0, 0.05) is 36.8 Å². The van der Waals surface area contributed by atoms with Gasteiger partial charge < -0.3 is 15.2 Å². The van der Waals surface area contributed by atoms with Gasteiger partial charge in [-0.25, -0.2) is 0 Å². The summed E-state index contributed by atoms with van der Waals surface area (Å²) in [5.41, 5.74) is -0.458. The number of nitrogens with one attached hydrogen (secondary N) is 1. The number of ketones is 2. The Bertz CT molecular complexity index is 446. The van der Waals surface area contributed by atoms with Gasteiger partial charge in [-0.2, -0.15) is 0 Å². The highest BCUT2D eigenvalue weighted by Crippen LogP contribution is 2.21. The number of hydrogen-bond donors (Lipinski definition) is 2. The summed E-state index contributed by atoms with van der Waals surface area (Å²) in [4.78, 5) is 35.2. The Morgan fingerprint density at radius 3 is 2.08 bits per heavy atom. The van der Waals surface area contributed by atoms with Crippen LogP contribution in [0.4, 0.5) is 0 Å². The van der Waals surface area contributed by atoms with Crippen LogP contribution < -0.4 is 5.32 Å². The van der Waals surface area contributed by atoms with Crippen LogP contribution in [0.2, 0.25) is 0 Å². The van der Waals surface area contributed by atoms with Crippen molar-refractivity contribution in [3.05, 3.63) is 0 Å². The molecule has 6 nitrogen and oxygen atoms in total. The van der Waals surface area contributed by atoms with Gasteiger partial charge in [0.25, 0.3) is 0 Å². The molecule has 0 heterocycles. The predicted molar refractivity (Wildman–Crippen MR) is 97.6 cm³/mol. The number of carbonyl (C=O) groups is 3. The van der Waals surface area contributed by atoms with E-state index in [1.165, 1.54) is 0 Å². The van der Waals surface area contributed by atoms with Crippen molar-refractivity contribution in [2.24, 2.45) is 11.3 Å². The van der Waals surface area contributed by atoms with Crippen LogP contribution in [-0.4, -0.2) is 47.9 Å². The Morgan fingerprint density at radius 1 is 1.00 bits per heavy atom. The van der Waals surface area contributed by atoms with Crippen LogP contribution in [0.15, 0.2) is 0 Å². The lowest BCUT2D eigenvalue weighted by atomic mass is 9.85. The van der Waals surface area contributed by atoms with E-state index in [2.05, 4.69) is 26.1 Å². The Balaban J connectivity index is 4.09. The second kappa shape index (κ2) is 10.7. The summed E-state index contributed by atoms with van der Waals surface area (Å²) in [5.74, 6) is -1.95. The Labute approximate surface area is 151 Å². The molecule has 1 unspecified atom stereocenters. The fourth-order valence-corrected chi connectivity index (χ4v) is 2.16. The number of carboxylic acids is 1. The van der Waals surface area contributed by atoms with Crippen molar-refractivity contribution in [1.29, 1.82) is 0 Å². The van der Waals surface area contributed by atoms with Gasteiger partial charge in [0.2, 0.25) is 0 Å². The van der Waals surface area contributed by atoms with Gasteiger partial charge in [0.1, 0.15) is 11.6 Å². The fraction of sp³-hybridized carbons (Fsp3) is 0.842. The topological polar surface area (TPSA) is 92.7 Å². The van der Waals surface area contributed by atoms with Crippen LogP contribution in [0, 0.1) is 11.3 Å². The molecule has 0 rings (SSSR count). The summed E-state index contributed by atoms with van der Waals surface area (Å²) >= 11 is 0. The first-order valence-electron chi connectivity index (χ1n) is 8.93. The molecule has 0 fully saturated rings. The van der Waals surface area contributed by atoms with E-state index in [-0.39, 0.29) is 49.4 Å². The number of carbonyl (C=O) groups excluding carboxylic acids is 2. The van der Waals surface area contributed by atoms with Crippen molar-refractivity contribution in [1.82, 2.24) is 5.32 Å². The molecule has 0 aromatic heterocycles. The first kappa shape index (κ1) is 23.7. The number of carboxylic acid groups (broad SMARTS) is 1. The van der Waals surface area contributed by atoms with Crippen molar-refractivity contribution in [2.45, 2.75) is 72.8 Å². The molecule has 0 amide bonds. The van der Waals surface area contributed by atoms with Gasteiger partial charge in [-0.1, -0.05) is 20.8 Å². The summed E-state index contributed by atoms with van der Waals surface area (Å²) in [6.07, 6.45) is 0.541. The monoisotopic (exact) mass is 357 g/mol. The second-order valence-electron chi connectivity index (χ2n) is 8.53. The van der Waals surface area contributed by atoms with Gasteiger partial charge in [-0.05, 0) is 27.2 Å². The average molecular weight is 357 g/mol. The van der Waals surface area contributed by atoms with E-state index < -0.39 is 17.3 Å². The molecule has 6 heteroatoms. The van der Waals surface area contributed by atoms with E-state index in [0.717, 1.165) is 0 Å². The highest BCUT2D eigenvalue weighted by Gasteiger charge is 2.26. The summed E-state index contributed by atoms with van der Waals surface area (Å²) in [6, 6.07) is 0.